The predicted molar refractivity (Wildman–Crippen MR) is 89.9 cm³/mol. The summed E-state index contributed by atoms with van der Waals surface area (Å²) in [4.78, 5) is 2.46. The summed E-state index contributed by atoms with van der Waals surface area (Å²) in [6, 6.07) is 8.57. The molecular weight excluding hydrogens is 258 g/mol. The van der Waals surface area contributed by atoms with Crippen molar-refractivity contribution in [2.45, 2.75) is 51.5 Å². The number of benzene rings is 1. The van der Waals surface area contributed by atoms with Crippen molar-refractivity contribution in [1.29, 1.82) is 0 Å². The first-order valence-corrected chi connectivity index (χ1v) is 8.27. The highest BCUT2D eigenvalue weighted by Gasteiger charge is 2.37. The minimum absolute atomic E-state index is 0.317. The van der Waals surface area contributed by atoms with Gasteiger partial charge in [-0.2, -0.15) is 0 Å². The van der Waals surface area contributed by atoms with Gasteiger partial charge in [0.15, 0.2) is 0 Å². The fourth-order valence-corrected chi connectivity index (χ4v) is 3.79. The Hall–Kier alpha value is -1.02. The smallest absolute Gasteiger partial charge is 0.119 e. The van der Waals surface area contributed by atoms with E-state index in [0.717, 1.165) is 24.0 Å². The molecule has 0 aliphatic heterocycles. The van der Waals surface area contributed by atoms with Crippen molar-refractivity contribution in [2.24, 2.45) is 11.8 Å². The van der Waals surface area contributed by atoms with Gasteiger partial charge >= 0.3 is 0 Å². The van der Waals surface area contributed by atoms with E-state index in [1.165, 1.54) is 31.2 Å². The molecule has 1 saturated carbocycles. The van der Waals surface area contributed by atoms with Gasteiger partial charge in [-0.05, 0) is 75.7 Å². The van der Waals surface area contributed by atoms with Gasteiger partial charge in [-0.25, -0.2) is 0 Å². The molecule has 2 rings (SSSR count). The lowest BCUT2D eigenvalue weighted by Crippen LogP contribution is -2.49. The van der Waals surface area contributed by atoms with E-state index in [-0.39, 0.29) is 0 Å². The van der Waals surface area contributed by atoms with Crippen molar-refractivity contribution in [3.63, 3.8) is 0 Å². The molecule has 0 radical (unpaired) electrons. The van der Waals surface area contributed by atoms with E-state index in [4.69, 9.17) is 4.74 Å². The molecule has 0 aromatic heterocycles. The zero-order valence-corrected chi connectivity index (χ0v) is 14.4. The summed E-state index contributed by atoms with van der Waals surface area (Å²) < 4.78 is 5.37. The Kier molecular flexibility index (Phi) is 5.32. The second-order valence-electron chi connectivity index (χ2n) is 7.23. The predicted octanol–water partition coefficient (Wildman–Crippen LogP) is 4.38. The Morgan fingerprint density at radius 3 is 2.43 bits per heavy atom. The molecule has 2 heteroatoms. The number of likely N-dealkylation sites (N-methyl/N-ethyl adjacent to an activating group) is 1. The summed E-state index contributed by atoms with van der Waals surface area (Å²) in [6.07, 6.45) is 6.46. The molecule has 0 N–H and O–H groups in total. The van der Waals surface area contributed by atoms with Crippen molar-refractivity contribution >= 4 is 0 Å². The minimum Gasteiger partial charge on any atom is -0.497 e. The van der Waals surface area contributed by atoms with E-state index < -0.39 is 0 Å². The average Bonchev–Trinajstić information content (AvgIpc) is 2.47. The number of nitrogens with zero attached hydrogens (tertiary/aromatic N) is 1. The van der Waals surface area contributed by atoms with Crippen LogP contribution < -0.4 is 4.74 Å². The molecule has 0 spiro atoms. The maximum absolute atomic E-state index is 5.37. The van der Waals surface area contributed by atoms with Crippen LogP contribution in [0.2, 0.25) is 0 Å². The normalized spacial score (nSPS) is 26.3. The maximum atomic E-state index is 5.37. The topological polar surface area (TPSA) is 12.5 Å². The van der Waals surface area contributed by atoms with E-state index in [9.17, 15) is 0 Å². The van der Waals surface area contributed by atoms with Gasteiger partial charge in [-0.15, -0.1) is 0 Å². The fraction of sp³-hybridized carbons (Fsp3) is 0.684. The monoisotopic (exact) mass is 289 g/mol. The van der Waals surface area contributed by atoms with E-state index >= 15 is 0 Å². The standard InChI is InChI=1S/C19H31NO/c1-15(2)17-9-11-19(12-10-17,20(3)4)14-16-7-6-8-18(13-16)21-5/h6-8,13,15,17H,9-12,14H2,1-5H3. The van der Waals surface area contributed by atoms with Crippen molar-refractivity contribution in [2.75, 3.05) is 21.2 Å². The van der Waals surface area contributed by atoms with Crippen molar-refractivity contribution < 1.29 is 4.74 Å². The van der Waals surface area contributed by atoms with Crippen LogP contribution in [0.4, 0.5) is 0 Å². The summed E-state index contributed by atoms with van der Waals surface area (Å²) in [5.41, 5.74) is 1.71. The summed E-state index contributed by atoms with van der Waals surface area (Å²) in [6.45, 7) is 4.74. The zero-order valence-electron chi connectivity index (χ0n) is 14.4. The molecule has 0 heterocycles. The second-order valence-corrected chi connectivity index (χ2v) is 7.23. The van der Waals surface area contributed by atoms with E-state index in [1.807, 2.05) is 6.07 Å². The van der Waals surface area contributed by atoms with Crippen LogP contribution in [-0.2, 0) is 6.42 Å². The molecule has 21 heavy (non-hydrogen) atoms. The molecule has 1 aliphatic carbocycles. The average molecular weight is 289 g/mol. The molecule has 1 aliphatic rings. The van der Waals surface area contributed by atoms with Crippen LogP contribution in [0.3, 0.4) is 0 Å². The van der Waals surface area contributed by atoms with Crippen LogP contribution in [0.5, 0.6) is 5.75 Å². The first-order valence-electron chi connectivity index (χ1n) is 8.27. The Morgan fingerprint density at radius 1 is 1.24 bits per heavy atom. The summed E-state index contributed by atoms with van der Waals surface area (Å²) in [5.74, 6) is 2.70. The van der Waals surface area contributed by atoms with Crippen LogP contribution in [0.1, 0.15) is 45.1 Å². The zero-order chi connectivity index (χ0) is 15.5. The summed E-state index contributed by atoms with van der Waals surface area (Å²) in [7, 11) is 6.24. The van der Waals surface area contributed by atoms with Gasteiger partial charge in [-0.1, -0.05) is 26.0 Å². The van der Waals surface area contributed by atoms with Gasteiger partial charge < -0.3 is 9.64 Å². The second kappa shape index (κ2) is 6.83. The largest absolute Gasteiger partial charge is 0.497 e. The third kappa shape index (κ3) is 3.79. The number of rotatable bonds is 5. The lowest BCUT2D eigenvalue weighted by molar-refractivity contribution is 0.0683. The van der Waals surface area contributed by atoms with Crippen LogP contribution in [-0.4, -0.2) is 31.6 Å². The molecule has 2 nitrogen and oxygen atoms in total. The van der Waals surface area contributed by atoms with Gasteiger partial charge in [0.05, 0.1) is 7.11 Å². The summed E-state index contributed by atoms with van der Waals surface area (Å²) >= 11 is 0. The van der Waals surface area contributed by atoms with Gasteiger partial charge in [0.25, 0.3) is 0 Å². The maximum Gasteiger partial charge on any atom is 0.119 e. The van der Waals surface area contributed by atoms with Crippen LogP contribution in [0.25, 0.3) is 0 Å². The highest BCUT2D eigenvalue weighted by molar-refractivity contribution is 5.30. The molecule has 0 atom stereocenters. The minimum atomic E-state index is 0.317. The van der Waals surface area contributed by atoms with E-state index in [2.05, 4.69) is 51.0 Å². The molecule has 0 amide bonds. The first-order chi connectivity index (χ1) is 9.97. The molecule has 1 aromatic carbocycles. The molecule has 0 unspecified atom stereocenters. The number of hydrogen-bond donors (Lipinski definition) is 0. The fourth-order valence-electron chi connectivity index (χ4n) is 3.79. The van der Waals surface area contributed by atoms with Crippen molar-refractivity contribution in [3.05, 3.63) is 29.8 Å². The molecule has 1 aromatic rings. The highest BCUT2D eigenvalue weighted by Crippen LogP contribution is 2.40. The van der Waals surface area contributed by atoms with Crippen LogP contribution >= 0.6 is 0 Å². The third-order valence-corrected chi connectivity index (χ3v) is 5.52. The van der Waals surface area contributed by atoms with Crippen LogP contribution in [0.15, 0.2) is 24.3 Å². The Balaban J connectivity index is 2.12. The lowest BCUT2D eigenvalue weighted by Gasteiger charge is -2.46. The molecule has 0 bridgehead atoms. The number of methoxy groups -OCH3 is 1. The van der Waals surface area contributed by atoms with Gasteiger partial charge in [-0.3, -0.25) is 0 Å². The third-order valence-electron chi connectivity index (χ3n) is 5.52. The van der Waals surface area contributed by atoms with Gasteiger partial charge in [0.2, 0.25) is 0 Å². The van der Waals surface area contributed by atoms with Crippen molar-refractivity contribution in [1.82, 2.24) is 4.90 Å². The molecule has 0 saturated heterocycles. The molecule has 1 fully saturated rings. The van der Waals surface area contributed by atoms with Gasteiger partial charge in [0, 0.05) is 5.54 Å². The van der Waals surface area contributed by atoms with Crippen LogP contribution in [0, 0.1) is 11.8 Å². The Labute approximate surface area is 130 Å². The number of hydrogen-bond acceptors (Lipinski definition) is 2. The highest BCUT2D eigenvalue weighted by atomic mass is 16.5. The van der Waals surface area contributed by atoms with E-state index in [1.54, 1.807) is 7.11 Å². The quantitative estimate of drug-likeness (QED) is 0.797. The van der Waals surface area contributed by atoms with Crippen molar-refractivity contribution in [3.8, 4) is 5.75 Å². The van der Waals surface area contributed by atoms with E-state index in [0.29, 0.717) is 5.54 Å². The Bertz CT molecular complexity index is 445. The summed E-state index contributed by atoms with van der Waals surface area (Å²) in [5, 5.41) is 0. The first kappa shape index (κ1) is 16.4. The number of ether oxygens (including phenoxy) is 1. The molecular formula is C19H31NO. The molecule has 118 valence electrons. The Morgan fingerprint density at radius 2 is 1.90 bits per heavy atom. The lowest BCUT2D eigenvalue weighted by atomic mass is 9.70. The van der Waals surface area contributed by atoms with Gasteiger partial charge in [0.1, 0.15) is 5.75 Å². The SMILES string of the molecule is COc1cccc(CC2(N(C)C)CCC(C(C)C)CC2)c1.